The van der Waals surface area contributed by atoms with Gasteiger partial charge in [-0.3, -0.25) is 9.59 Å². The Balaban J connectivity index is 1.39. The SMILES string of the molecule is O=C(NC1CCCCCC1)C1CCCN(S(=O)(=O)c2c[nH]c(C(=O)N3CCCCCC3)c2)C1. The Labute approximate surface area is 197 Å². The second-order valence-corrected chi connectivity index (χ2v) is 11.8. The molecule has 0 spiro atoms. The Kier molecular flexibility index (Phi) is 8.11. The highest BCUT2D eigenvalue weighted by molar-refractivity contribution is 7.89. The van der Waals surface area contributed by atoms with E-state index in [4.69, 9.17) is 0 Å². The fourth-order valence-corrected chi connectivity index (χ4v) is 6.88. The first kappa shape index (κ1) is 24.3. The molecular formula is C24H38N4O4S. The van der Waals surface area contributed by atoms with Crippen molar-refractivity contribution < 1.29 is 18.0 Å². The number of carbonyl (C=O) groups is 2. The largest absolute Gasteiger partial charge is 0.356 e. The van der Waals surface area contributed by atoms with E-state index in [-0.39, 0.29) is 35.2 Å². The minimum absolute atomic E-state index is 0.0205. The smallest absolute Gasteiger partial charge is 0.270 e. The number of aromatic amines is 1. The van der Waals surface area contributed by atoms with Crippen molar-refractivity contribution in [3.8, 4) is 0 Å². The van der Waals surface area contributed by atoms with Crippen molar-refractivity contribution in [3.05, 3.63) is 18.0 Å². The fraction of sp³-hybridized carbons (Fsp3) is 0.750. The van der Waals surface area contributed by atoms with Gasteiger partial charge in [0.05, 0.1) is 5.92 Å². The van der Waals surface area contributed by atoms with Crippen LogP contribution in [0.25, 0.3) is 0 Å². The summed E-state index contributed by atoms with van der Waals surface area (Å²) in [5, 5.41) is 3.18. The van der Waals surface area contributed by atoms with Crippen LogP contribution in [0.1, 0.15) is 87.5 Å². The lowest BCUT2D eigenvalue weighted by Gasteiger charge is -2.32. The molecule has 1 aliphatic carbocycles. The summed E-state index contributed by atoms with van der Waals surface area (Å²) < 4.78 is 28.0. The van der Waals surface area contributed by atoms with Crippen LogP contribution in [0.2, 0.25) is 0 Å². The molecule has 3 heterocycles. The molecule has 2 N–H and O–H groups in total. The Morgan fingerprint density at radius 2 is 1.55 bits per heavy atom. The Hall–Kier alpha value is -1.87. The summed E-state index contributed by atoms with van der Waals surface area (Å²) in [6.45, 7) is 2.02. The highest BCUT2D eigenvalue weighted by Gasteiger charge is 2.35. The van der Waals surface area contributed by atoms with Crippen LogP contribution in [-0.2, 0) is 14.8 Å². The van der Waals surface area contributed by atoms with Gasteiger partial charge in [-0.25, -0.2) is 8.42 Å². The summed E-state index contributed by atoms with van der Waals surface area (Å²) in [5.41, 5.74) is 0.315. The van der Waals surface area contributed by atoms with E-state index in [2.05, 4.69) is 10.3 Å². The lowest BCUT2D eigenvalue weighted by atomic mass is 9.97. The minimum Gasteiger partial charge on any atom is -0.356 e. The van der Waals surface area contributed by atoms with Crippen LogP contribution in [0.15, 0.2) is 17.2 Å². The second kappa shape index (κ2) is 11.0. The van der Waals surface area contributed by atoms with Gasteiger partial charge in [0.1, 0.15) is 10.6 Å². The molecule has 1 atom stereocenters. The number of piperidine rings is 1. The van der Waals surface area contributed by atoms with Crippen molar-refractivity contribution in [2.75, 3.05) is 26.2 Å². The van der Waals surface area contributed by atoms with Crippen molar-refractivity contribution in [2.24, 2.45) is 5.92 Å². The number of nitrogens with zero attached hydrogens (tertiary/aromatic N) is 2. The fourth-order valence-electron chi connectivity index (χ4n) is 5.36. The Morgan fingerprint density at radius 3 is 2.24 bits per heavy atom. The molecule has 3 aliphatic rings. The summed E-state index contributed by atoms with van der Waals surface area (Å²) in [5.74, 6) is -0.487. The van der Waals surface area contributed by atoms with Gasteiger partial charge in [0.15, 0.2) is 0 Å². The minimum atomic E-state index is -3.77. The summed E-state index contributed by atoms with van der Waals surface area (Å²) in [4.78, 5) is 30.6. The summed E-state index contributed by atoms with van der Waals surface area (Å²) >= 11 is 0. The maximum atomic E-state index is 13.3. The number of hydrogen-bond acceptors (Lipinski definition) is 4. The normalized spacial score (nSPS) is 24.1. The molecule has 0 radical (unpaired) electrons. The number of H-pyrrole nitrogens is 1. The third-order valence-electron chi connectivity index (χ3n) is 7.37. The Morgan fingerprint density at radius 1 is 0.879 bits per heavy atom. The molecule has 8 nitrogen and oxygen atoms in total. The number of rotatable bonds is 5. The highest BCUT2D eigenvalue weighted by atomic mass is 32.2. The zero-order valence-corrected chi connectivity index (χ0v) is 20.4. The van der Waals surface area contributed by atoms with Crippen molar-refractivity contribution in [1.82, 2.24) is 19.5 Å². The van der Waals surface area contributed by atoms with Gasteiger partial charge in [-0.05, 0) is 44.6 Å². The molecule has 0 aromatic carbocycles. The molecule has 3 fully saturated rings. The molecule has 184 valence electrons. The average molecular weight is 479 g/mol. The quantitative estimate of drug-likeness (QED) is 0.634. The first-order chi connectivity index (χ1) is 15.9. The monoisotopic (exact) mass is 478 g/mol. The standard InChI is InChI=1S/C24H38N4O4S/c29-23(26-20-11-5-1-2-6-12-20)19-10-9-15-28(18-19)33(31,32)21-16-22(25-17-21)24(30)27-13-7-3-4-8-14-27/h16-17,19-20,25H,1-15,18H2,(H,26,29). The number of hydrogen-bond donors (Lipinski definition) is 2. The van der Waals surface area contributed by atoms with Crippen LogP contribution in [0.3, 0.4) is 0 Å². The van der Waals surface area contributed by atoms with Gasteiger partial charge >= 0.3 is 0 Å². The molecule has 2 saturated heterocycles. The van der Waals surface area contributed by atoms with E-state index < -0.39 is 10.0 Å². The van der Waals surface area contributed by atoms with E-state index in [1.165, 1.54) is 29.4 Å². The summed E-state index contributed by atoms with van der Waals surface area (Å²) in [7, 11) is -3.77. The number of sulfonamides is 1. The second-order valence-electron chi connectivity index (χ2n) is 9.85. The zero-order chi connectivity index (χ0) is 23.3. The van der Waals surface area contributed by atoms with Gasteiger partial charge < -0.3 is 15.2 Å². The van der Waals surface area contributed by atoms with Crippen molar-refractivity contribution in [3.63, 3.8) is 0 Å². The van der Waals surface area contributed by atoms with Gasteiger partial charge in [0.25, 0.3) is 5.91 Å². The molecule has 1 saturated carbocycles. The third-order valence-corrected chi connectivity index (χ3v) is 9.22. The van der Waals surface area contributed by atoms with Gasteiger partial charge in [-0.1, -0.05) is 38.5 Å². The van der Waals surface area contributed by atoms with Crippen molar-refractivity contribution in [1.29, 1.82) is 0 Å². The van der Waals surface area contributed by atoms with E-state index in [0.29, 0.717) is 38.2 Å². The van der Waals surface area contributed by atoms with Crippen LogP contribution < -0.4 is 5.32 Å². The lowest BCUT2D eigenvalue weighted by molar-refractivity contribution is -0.126. The number of amides is 2. The molecule has 33 heavy (non-hydrogen) atoms. The van der Waals surface area contributed by atoms with E-state index in [0.717, 1.165) is 51.4 Å². The molecule has 1 unspecified atom stereocenters. The first-order valence-corrected chi connectivity index (χ1v) is 14.2. The number of carbonyl (C=O) groups excluding carboxylic acids is 2. The topological polar surface area (TPSA) is 103 Å². The van der Waals surface area contributed by atoms with Gasteiger partial charge in [-0.15, -0.1) is 0 Å². The third kappa shape index (κ3) is 5.98. The van der Waals surface area contributed by atoms with Gasteiger partial charge in [0.2, 0.25) is 15.9 Å². The predicted molar refractivity (Wildman–Crippen MR) is 126 cm³/mol. The molecule has 1 aromatic heterocycles. The van der Waals surface area contributed by atoms with E-state index >= 15 is 0 Å². The van der Waals surface area contributed by atoms with Gasteiger partial charge in [0, 0.05) is 38.4 Å². The zero-order valence-electron chi connectivity index (χ0n) is 19.6. The highest BCUT2D eigenvalue weighted by Crippen LogP contribution is 2.26. The molecule has 1 aromatic rings. The van der Waals surface area contributed by atoms with Crippen LogP contribution in [0.4, 0.5) is 0 Å². The molecule has 2 aliphatic heterocycles. The summed E-state index contributed by atoms with van der Waals surface area (Å²) in [6, 6.07) is 1.67. The van der Waals surface area contributed by atoms with Crippen LogP contribution in [-0.4, -0.2) is 66.6 Å². The van der Waals surface area contributed by atoms with Gasteiger partial charge in [-0.2, -0.15) is 4.31 Å². The molecule has 2 amide bonds. The summed E-state index contributed by atoms with van der Waals surface area (Å²) in [6.07, 6.45) is 13.7. The van der Waals surface area contributed by atoms with Crippen LogP contribution >= 0.6 is 0 Å². The first-order valence-electron chi connectivity index (χ1n) is 12.7. The van der Waals surface area contributed by atoms with Crippen molar-refractivity contribution >= 4 is 21.8 Å². The van der Waals surface area contributed by atoms with Crippen LogP contribution in [0.5, 0.6) is 0 Å². The molecule has 0 bridgehead atoms. The number of likely N-dealkylation sites (tertiary alicyclic amines) is 1. The maximum Gasteiger partial charge on any atom is 0.270 e. The average Bonchev–Trinajstić information content (AvgIpc) is 2.99. The Bertz CT molecular complexity index is 913. The molecule has 9 heteroatoms. The van der Waals surface area contributed by atoms with Crippen molar-refractivity contribution in [2.45, 2.75) is 88.0 Å². The molecule has 4 rings (SSSR count). The van der Waals surface area contributed by atoms with E-state index in [1.807, 2.05) is 4.90 Å². The van der Waals surface area contributed by atoms with E-state index in [1.54, 1.807) is 0 Å². The number of aromatic nitrogens is 1. The predicted octanol–water partition coefficient (Wildman–Crippen LogP) is 3.27. The molecular weight excluding hydrogens is 440 g/mol. The van der Waals surface area contributed by atoms with Crippen LogP contribution in [0, 0.1) is 5.92 Å². The lowest BCUT2D eigenvalue weighted by Crippen LogP contribution is -2.47. The van der Waals surface area contributed by atoms with E-state index in [9.17, 15) is 18.0 Å². The maximum absolute atomic E-state index is 13.3. The number of nitrogens with one attached hydrogen (secondary N) is 2.